The van der Waals surface area contributed by atoms with Crippen LogP contribution in [0.25, 0.3) is 22.3 Å². The second-order valence-corrected chi connectivity index (χ2v) is 11.2. The summed E-state index contributed by atoms with van der Waals surface area (Å²) in [7, 11) is 9.34. The Morgan fingerprint density at radius 2 is 1.50 bits per heavy atom. The summed E-state index contributed by atoms with van der Waals surface area (Å²) < 4.78 is 24.0. The van der Waals surface area contributed by atoms with Crippen molar-refractivity contribution in [1.82, 2.24) is 9.80 Å². The maximum atomic E-state index is 14.0. The summed E-state index contributed by atoms with van der Waals surface area (Å²) in [6.07, 6.45) is -0.559. The van der Waals surface area contributed by atoms with Crippen LogP contribution in [-0.4, -0.2) is 86.7 Å². The van der Waals surface area contributed by atoms with Gasteiger partial charge in [0.1, 0.15) is 41.4 Å². The van der Waals surface area contributed by atoms with Crippen molar-refractivity contribution in [3.63, 3.8) is 0 Å². The molecule has 3 atom stereocenters. The quantitative estimate of drug-likeness (QED) is 0.317. The van der Waals surface area contributed by atoms with E-state index in [1.54, 1.807) is 31.4 Å². The molecule has 220 valence electrons. The highest BCUT2D eigenvalue weighted by Crippen LogP contribution is 2.40. The topological polar surface area (TPSA) is 105 Å². The van der Waals surface area contributed by atoms with E-state index in [0.29, 0.717) is 29.2 Å². The van der Waals surface area contributed by atoms with E-state index in [1.165, 1.54) is 6.07 Å². The number of rotatable bonds is 13. The van der Waals surface area contributed by atoms with Crippen molar-refractivity contribution in [2.24, 2.45) is 5.92 Å². The van der Waals surface area contributed by atoms with Crippen molar-refractivity contribution in [2.45, 2.75) is 52.3 Å². The molecule has 2 aromatic carbocycles. The zero-order valence-electron chi connectivity index (χ0n) is 25.1. The van der Waals surface area contributed by atoms with Crippen LogP contribution in [-0.2, 0) is 6.42 Å². The van der Waals surface area contributed by atoms with Crippen LogP contribution < -0.4 is 19.6 Å². The molecule has 1 aromatic heterocycles. The molecule has 0 spiro atoms. The lowest BCUT2D eigenvalue weighted by Crippen LogP contribution is -2.31. The molecule has 3 aromatic rings. The predicted octanol–water partition coefficient (Wildman–Crippen LogP) is 4.39. The fraction of sp³-hybridized carbons (Fsp3) is 0.516. The maximum absolute atomic E-state index is 14.0. The number of hydrogen-bond donors (Lipinski definition) is 2. The Kier molecular flexibility index (Phi) is 10.5. The number of phenolic OH excluding ortho intramolecular Hbond substituents is 1. The molecule has 3 rings (SSSR count). The van der Waals surface area contributed by atoms with Gasteiger partial charge in [-0.25, -0.2) is 0 Å². The van der Waals surface area contributed by atoms with Crippen molar-refractivity contribution >= 4 is 11.0 Å². The van der Waals surface area contributed by atoms with E-state index in [1.807, 2.05) is 65.7 Å². The fourth-order valence-corrected chi connectivity index (χ4v) is 3.90. The van der Waals surface area contributed by atoms with Crippen LogP contribution in [0.2, 0.25) is 0 Å². The van der Waals surface area contributed by atoms with Crippen LogP contribution in [0.4, 0.5) is 0 Å². The molecule has 0 bridgehead atoms. The molecule has 1 heterocycles. The number of aliphatic hydroxyl groups excluding tert-OH is 1. The van der Waals surface area contributed by atoms with Crippen molar-refractivity contribution in [3.8, 4) is 34.3 Å². The number of nitrogens with zero attached hydrogens (tertiary/aromatic N) is 2. The minimum Gasteiger partial charge on any atom is -0.507 e. The van der Waals surface area contributed by atoms with Crippen molar-refractivity contribution in [2.75, 3.05) is 48.5 Å². The van der Waals surface area contributed by atoms with Crippen molar-refractivity contribution in [3.05, 3.63) is 46.1 Å². The van der Waals surface area contributed by atoms with Gasteiger partial charge in [-0.2, -0.15) is 0 Å². The summed E-state index contributed by atoms with van der Waals surface area (Å²) >= 11 is 0. The zero-order valence-corrected chi connectivity index (χ0v) is 25.1. The average Bonchev–Trinajstić information content (AvgIpc) is 2.91. The zero-order chi connectivity index (χ0) is 29.7. The molecule has 9 nitrogen and oxygen atoms in total. The first kappa shape index (κ1) is 31.3. The van der Waals surface area contributed by atoms with E-state index < -0.39 is 11.5 Å². The Hall–Kier alpha value is -3.27. The Labute approximate surface area is 236 Å². The largest absolute Gasteiger partial charge is 0.507 e. The molecule has 40 heavy (non-hydrogen) atoms. The standard InChI is InChI=1S/C31H44N2O7/c1-18(2)24(34)14-23-26(38-16-19(3)32(5)6)15-25(35)27-28(36)31(39-17-20(4)33(7)8)29(40-30(23)27)21-10-12-22(37-9)13-11-21/h10-13,15,18-20,24,34-35H,14,16-17H2,1-9H3. The Balaban J connectivity index is 2.31. The number of phenols is 1. The molecule has 3 unspecified atom stereocenters. The maximum Gasteiger partial charge on any atom is 0.239 e. The number of benzene rings is 2. The lowest BCUT2D eigenvalue weighted by Gasteiger charge is -2.24. The molecule has 0 amide bonds. The van der Waals surface area contributed by atoms with Gasteiger partial charge in [0.15, 0.2) is 5.76 Å². The van der Waals surface area contributed by atoms with Crippen LogP contribution in [0.3, 0.4) is 0 Å². The molecule has 0 fully saturated rings. The van der Waals surface area contributed by atoms with Crippen molar-refractivity contribution in [1.29, 1.82) is 0 Å². The monoisotopic (exact) mass is 556 g/mol. The van der Waals surface area contributed by atoms with Gasteiger partial charge in [-0.15, -0.1) is 0 Å². The number of aliphatic hydroxyl groups is 1. The van der Waals surface area contributed by atoms with Crippen LogP contribution in [0.15, 0.2) is 39.5 Å². The van der Waals surface area contributed by atoms with E-state index in [2.05, 4.69) is 0 Å². The Morgan fingerprint density at radius 1 is 0.925 bits per heavy atom. The average molecular weight is 557 g/mol. The van der Waals surface area contributed by atoms with Crippen molar-refractivity contribution < 1.29 is 28.8 Å². The summed E-state index contributed by atoms with van der Waals surface area (Å²) in [4.78, 5) is 18.0. The number of aromatic hydroxyl groups is 1. The van der Waals surface area contributed by atoms with Gasteiger partial charge < -0.3 is 38.6 Å². The molecule has 9 heteroatoms. The second-order valence-electron chi connectivity index (χ2n) is 11.2. The molecule has 0 saturated heterocycles. The van der Waals surface area contributed by atoms with Gasteiger partial charge in [-0.05, 0) is 72.2 Å². The first-order valence-electron chi connectivity index (χ1n) is 13.6. The highest BCUT2D eigenvalue weighted by molar-refractivity contribution is 5.91. The van der Waals surface area contributed by atoms with E-state index in [-0.39, 0.29) is 59.3 Å². The van der Waals surface area contributed by atoms with E-state index >= 15 is 0 Å². The minimum absolute atomic E-state index is 0.00641. The summed E-state index contributed by atoms with van der Waals surface area (Å²) in [5.74, 6) is 0.916. The molecular weight excluding hydrogens is 512 g/mol. The van der Waals surface area contributed by atoms with Gasteiger partial charge in [0, 0.05) is 35.7 Å². The lowest BCUT2D eigenvalue weighted by atomic mass is 9.96. The summed E-state index contributed by atoms with van der Waals surface area (Å²) in [5, 5.41) is 22.0. The number of ether oxygens (including phenoxy) is 3. The molecule has 0 aliphatic rings. The van der Waals surface area contributed by atoms with E-state index in [4.69, 9.17) is 18.6 Å². The van der Waals surface area contributed by atoms with Crippen LogP contribution in [0.5, 0.6) is 23.0 Å². The van der Waals surface area contributed by atoms with Gasteiger partial charge in [-0.3, -0.25) is 4.79 Å². The third-order valence-corrected chi connectivity index (χ3v) is 7.41. The van der Waals surface area contributed by atoms with Gasteiger partial charge in [-0.1, -0.05) is 13.8 Å². The van der Waals surface area contributed by atoms with Gasteiger partial charge in [0.25, 0.3) is 0 Å². The molecule has 0 saturated carbocycles. The fourth-order valence-electron chi connectivity index (χ4n) is 3.90. The summed E-state index contributed by atoms with van der Waals surface area (Å²) in [5.41, 5.74) is 0.787. The third-order valence-electron chi connectivity index (χ3n) is 7.41. The van der Waals surface area contributed by atoms with Crippen LogP contribution >= 0.6 is 0 Å². The summed E-state index contributed by atoms with van der Waals surface area (Å²) in [6.45, 7) is 8.40. The number of likely N-dealkylation sites (N-methyl/N-ethyl adjacent to an activating group) is 2. The van der Waals surface area contributed by atoms with Gasteiger partial charge >= 0.3 is 0 Å². The normalized spacial score (nSPS) is 14.1. The first-order valence-corrected chi connectivity index (χ1v) is 13.6. The highest BCUT2D eigenvalue weighted by atomic mass is 16.5. The molecular formula is C31H44N2O7. The number of fused-ring (bicyclic) bond motifs is 1. The lowest BCUT2D eigenvalue weighted by molar-refractivity contribution is 0.124. The SMILES string of the molecule is COc1ccc(-c2oc3c(CC(O)C(C)C)c(OCC(C)N(C)C)cc(O)c3c(=O)c2OCC(C)N(C)C)cc1. The molecule has 0 radical (unpaired) electrons. The smallest absolute Gasteiger partial charge is 0.239 e. The van der Waals surface area contributed by atoms with Gasteiger partial charge in [0.2, 0.25) is 11.2 Å². The predicted molar refractivity (Wildman–Crippen MR) is 158 cm³/mol. The first-order chi connectivity index (χ1) is 18.8. The third kappa shape index (κ3) is 7.08. The molecule has 0 aliphatic carbocycles. The van der Waals surface area contributed by atoms with E-state index in [0.717, 1.165) is 0 Å². The Morgan fingerprint density at radius 3 is 2.02 bits per heavy atom. The second kappa shape index (κ2) is 13.4. The number of hydrogen-bond acceptors (Lipinski definition) is 9. The van der Waals surface area contributed by atoms with Gasteiger partial charge in [0.05, 0.1) is 13.2 Å². The summed E-state index contributed by atoms with van der Waals surface area (Å²) in [6, 6.07) is 8.64. The van der Waals surface area contributed by atoms with Crippen LogP contribution in [0, 0.1) is 5.92 Å². The minimum atomic E-state index is -0.729. The highest BCUT2D eigenvalue weighted by Gasteiger charge is 2.27. The van der Waals surface area contributed by atoms with Crippen LogP contribution in [0.1, 0.15) is 33.3 Å². The molecule has 0 aliphatic heterocycles. The number of methoxy groups -OCH3 is 1. The Bertz CT molecular complexity index is 1330. The molecule has 2 N–H and O–H groups in total. The van der Waals surface area contributed by atoms with E-state index in [9.17, 15) is 15.0 Å².